The van der Waals surface area contributed by atoms with Crippen LogP contribution in [-0.4, -0.2) is 58.4 Å². The lowest BCUT2D eigenvalue weighted by atomic mass is 9.88. The van der Waals surface area contributed by atoms with Gasteiger partial charge >= 0.3 is 23.5 Å². The third kappa shape index (κ3) is 16.0. The number of hydrogen-bond donors (Lipinski definition) is 0. The van der Waals surface area contributed by atoms with Gasteiger partial charge in [-0.2, -0.15) is 0 Å². The van der Waals surface area contributed by atoms with Crippen molar-refractivity contribution in [1.82, 2.24) is 9.80 Å². The third-order valence-corrected chi connectivity index (χ3v) is 10.8. The van der Waals surface area contributed by atoms with Crippen molar-refractivity contribution in [2.24, 2.45) is 11.8 Å². The molecule has 0 N–H and O–H groups in total. The average molecular weight is 885 g/mol. The predicted octanol–water partition coefficient (Wildman–Crippen LogP) is 11.1. The van der Waals surface area contributed by atoms with Gasteiger partial charge in [0.05, 0.1) is 0 Å². The number of nitrogens with zero attached hydrogens (tertiary/aromatic N) is 2. The molecule has 11 heteroatoms. The van der Waals surface area contributed by atoms with Crippen molar-refractivity contribution in [3.8, 4) is 0 Å². The van der Waals surface area contributed by atoms with Crippen LogP contribution >= 0.6 is 11.6 Å². The molecule has 0 aromatic heterocycles. The van der Waals surface area contributed by atoms with Crippen LogP contribution in [0.2, 0.25) is 0 Å². The van der Waals surface area contributed by atoms with Crippen molar-refractivity contribution in [1.29, 1.82) is 0 Å². The van der Waals surface area contributed by atoms with Gasteiger partial charge in [-0.25, -0.2) is 14.4 Å². The van der Waals surface area contributed by atoms with Crippen LogP contribution in [-0.2, 0) is 61.5 Å². The molecular formula is C53H57ClN2O8. The number of halogens is 1. The van der Waals surface area contributed by atoms with Crippen LogP contribution in [0, 0.1) is 11.8 Å². The minimum Gasteiger partial charge on any atom is -0.460 e. The topological polar surface area (TPSA) is 112 Å². The second-order valence-electron chi connectivity index (χ2n) is 16.0. The average Bonchev–Trinajstić information content (AvgIpc) is 3.30. The van der Waals surface area contributed by atoms with E-state index in [1.165, 1.54) is 16.0 Å². The van der Waals surface area contributed by atoms with Gasteiger partial charge in [-0.1, -0.05) is 190 Å². The lowest BCUT2D eigenvalue weighted by molar-refractivity contribution is -0.155. The molecule has 4 atom stereocenters. The SMILES string of the molecule is C=C1C[C@H](C)[C@@H](C(=O)OCc2ccccc2)N(C(=O)OCc2ccccc2)C1.C=C1C[C@H](C)[C@@H](C(=O)OCc2ccccc2)N(Cc2ccccc2)C1.O=C(Cl)OCc1ccccc1. The number of amides is 1. The molecule has 10 nitrogen and oxygen atoms in total. The second-order valence-corrected chi connectivity index (χ2v) is 16.3. The summed E-state index contributed by atoms with van der Waals surface area (Å²) in [6.45, 7) is 14.8. The molecule has 64 heavy (non-hydrogen) atoms. The molecule has 5 aromatic rings. The molecule has 2 fully saturated rings. The van der Waals surface area contributed by atoms with Crippen molar-refractivity contribution >= 4 is 35.1 Å². The Morgan fingerprint density at radius 3 is 1.27 bits per heavy atom. The van der Waals surface area contributed by atoms with Crippen molar-refractivity contribution in [2.75, 3.05) is 13.1 Å². The Balaban J connectivity index is 0.000000196. The summed E-state index contributed by atoms with van der Waals surface area (Å²) in [4.78, 5) is 52.1. The summed E-state index contributed by atoms with van der Waals surface area (Å²) in [7, 11) is 0. The van der Waals surface area contributed by atoms with Gasteiger partial charge < -0.3 is 18.9 Å². The first-order chi connectivity index (χ1) is 31.0. The lowest BCUT2D eigenvalue weighted by Gasteiger charge is -2.39. The van der Waals surface area contributed by atoms with Crippen LogP contribution in [0.1, 0.15) is 54.5 Å². The van der Waals surface area contributed by atoms with Gasteiger partial charge in [0.15, 0.2) is 0 Å². The van der Waals surface area contributed by atoms with E-state index in [0.29, 0.717) is 19.6 Å². The third-order valence-electron chi connectivity index (χ3n) is 10.6. The number of esters is 2. The molecular weight excluding hydrogens is 828 g/mol. The summed E-state index contributed by atoms with van der Waals surface area (Å²) in [6, 6.07) is 47.4. The van der Waals surface area contributed by atoms with E-state index in [2.05, 4.69) is 41.9 Å². The molecule has 1 amide bonds. The van der Waals surface area contributed by atoms with Crippen LogP contribution in [0.4, 0.5) is 9.59 Å². The first-order valence-electron chi connectivity index (χ1n) is 21.3. The van der Waals surface area contributed by atoms with E-state index >= 15 is 0 Å². The minimum atomic E-state index is -0.770. The summed E-state index contributed by atoms with van der Waals surface area (Å²) in [5.74, 6) is -0.442. The van der Waals surface area contributed by atoms with Gasteiger partial charge in [-0.3, -0.25) is 14.6 Å². The standard InChI is InChI=1S/C23H25NO4.C22H25NO2.C8H7ClO2/c1-17-13-18(2)21(22(25)27-15-19-9-5-3-6-10-19)24(14-17)23(26)28-16-20-11-7-4-8-12-20;1-17-13-18(2)21(22(24)25-16-20-11-7-4-8-12-20)23(14-17)15-19-9-5-3-6-10-19;9-8(10)11-6-7-4-2-1-3-5-7/h3-12,18,21H,1,13-16H2,2H3;3-12,18,21H,1,13-16H2,2H3;1-5H,6H2/t2*18-,21-;/m00./s1. The number of ether oxygens (including phenoxy) is 4. The summed E-state index contributed by atoms with van der Waals surface area (Å²) < 4.78 is 21.1. The number of piperidine rings is 2. The number of likely N-dealkylation sites (tertiary alicyclic amines) is 2. The van der Waals surface area contributed by atoms with E-state index in [-0.39, 0.29) is 43.7 Å². The maximum atomic E-state index is 12.8. The van der Waals surface area contributed by atoms with Gasteiger partial charge in [0, 0.05) is 31.2 Å². The summed E-state index contributed by atoms with van der Waals surface area (Å²) in [5.41, 5.74) is 6.25. The molecule has 0 unspecified atom stereocenters. The van der Waals surface area contributed by atoms with Gasteiger partial charge in [-0.15, -0.1) is 0 Å². The molecule has 5 aromatic carbocycles. The van der Waals surface area contributed by atoms with E-state index in [9.17, 15) is 19.2 Å². The lowest BCUT2D eigenvalue weighted by Crippen LogP contribution is -2.53. The van der Waals surface area contributed by atoms with Crippen molar-refractivity contribution in [3.63, 3.8) is 0 Å². The maximum Gasteiger partial charge on any atom is 0.411 e. The molecule has 0 radical (unpaired) electrons. The zero-order chi connectivity index (χ0) is 45.7. The van der Waals surface area contributed by atoms with E-state index in [0.717, 1.165) is 47.3 Å². The zero-order valence-electron chi connectivity index (χ0n) is 36.6. The fourth-order valence-electron chi connectivity index (χ4n) is 7.69. The zero-order valence-corrected chi connectivity index (χ0v) is 37.3. The van der Waals surface area contributed by atoms with Crippen LogP contribution in [0.25, 0.3) is 0 Å². The fourth-order valence-corrected chi connectivity index (χ4v) is 7.75. The number of carbonyl (C=O) groups is 4. The van der Waals surface area contributed by atoms with Crippen LogP contribution in [0.5, 0.6) is 0 Å². The Bertz CT molecular complexity index is 2240. The highest BCUT2D eigenvalue weighted by atomic mass is 35.5. The number of carbonyl (C=O) groups excluding carboxylic acids is 4. The quantitative estimate of drug-likeness (QED) is 0.0523. The van der Waals surface area contributed by atoms with Crippen LogP contribution < -0.4 is 0 Å². The number of benzene rings is 5. The normalized spacial score (nSPS) is 18.2. The molecule has 0 saturated carbocycles. The Morgan fingerprint density at radius 1 is 0.500 bits per heavy atom. The van der Waals surface area contributed by atoms with Gasteiger partial charge in [-0.05, 0) is 52.5 Å². The Hall–Kier alpha value is -6.49. The van der Waals surface area contributed by atoms with E-state index in [1.54, 1.807) is 0 Å². The Labute approximate surface area is 382 Å². The highest BCUT2D eigenvalue weighted by Crippen LogP contribution is 2.30. The first kappa shape index (κ1) is 48.5. The van der Waals surface area contributed by atoms with Crippen LogP contribution in [0.3, 0.4) is 0 Å². The molecule has 0 spiro atoms. The van der Waals surface area contributed by atoms with Crippen LogP contribution in [0.15, 0.2) is 176 Å². The van der Waals surface area contributed by atoms with Gasteiger partial charge in [0.1, 0.15) is 38.5 Å². The molecule has 0 aliphatic carbocycles. The molecule has 334 valence electrons. The summed E-state index contributed by atoms with van der Waals surface area (Å²) in [5, 5.41) is 0. The largest absolute Gasteiger partial charge is 0.460 e. The van der Waals surface area contributed by atoms with E-state index in [1.807, 2.05) is 146 Å². The minimum absolute atomic E-state index is 0.0891. The number of hydrogen-bond acceptors (Lipinski definition) is 9. The molecule has 2 aliphatic heterocycles. The van der Waals surface area contributed by atoms with Crippen molar-refractivity contribution < 1.29 is 38.1 Å². The molecule has 0 bridgehead atoms. The van der Waals surface area contributed by atoms with Crippen molar-refractivity contribution in [3.05, 3.63) is 204 Å². The van der Waals surface area contributed by atoms with Gasteiger partial charge in [0.25, 0.3) is 0 Å². The Kier molecular flexibility index (Phi) is 19.4. The highest BCUT2D eigenvalue weighted by Gasteiger charge is 2.40. The predicted molar refractivity (Wildman–Crippen MR) is 249 cm³/mol. The van der Waals surface area contributed by atoms with Crippen molar-refractivity contribution in [2.45, 2.75) is 71.7 Å². The first-order valence-corrected chi connectivity index (χ1v) is 21.7. The number of rotatable bonds is 12. The maximum absolute atomic E-state index is 12.8. The smallest absolute Gasteiger partial charge is 0.411 e. The Morgan fingerprint density at radius 2 is 0.844 bits per heavy atom. The fraction of sp³-hybridized carbons (Fsp3) is 0.283. The monoisotopic (exact) mass is 884 g/mol. The molecule has 2 heterocycles. The molecule has 2 saturated heterocycles. The molecule has 7 rings (SSSR count). The summed E-state index contributed by atoms with van der Waals surface area (Å²) in [6.07, 6.45) is 1.02. The van der Waals surface area contributed by atoms with E-state index in [4.69, 9.17) is 25.8 Å². The summed E-state index contributed by atoms with van der Waals surface area (Å²) >= 11 is 4.97. The van der Waals surface area contributed by atoms with E-state index < -0.39 is 23.5 Å². The molecule has 2 aliphatic rings. The second kappa shape index (κ2) is 25.6. The highest BCUT2D eigenvalue weighted by molar-refractivity contribution is 6.61. The van der Waals surface area contributed by atoms with Gasteiger partial charge in [0.2, 0.25) is 0 Å².